The lowest BCUT2D eigenvalue weighted by Crippen LogP contribution is -2.13. The highest BCUT2D eigenvalue weighted by Crippen LogP contribution is 2.24. The van der Waals surface area contributed by atoms with Crippen molar-refractivity contribution in [1.82, 2.24) is 5.32 Å². The predicted octanol–water partition coefficient (Wildman–Crippen LogP) is 4.12. The average molecular weight is 249 g/mol. The molecule has 1 nitrogen and oxygen atoms in total. The third-order valence-electron chi connectivity index (χ3n) is 3.65. The lowest BCUT2D eigenvalue weighted by molar-refractivity contribution is 0.718. The molecule has 0 aliphatic carbocycles. The highest BCUT2D eigenvalue weighted by molar-refractivity contribution is 5.70. The Morgan fingerprint density at radius 1 is 0.684 bits per heavy atom. The molecule has 1 aliphatic heterocycles. The molecule has 0 bridgehead atoms. The number of hydrogen-bond acceptors (Lipinski definition) is 1. The van der Waals surface area contributed by atoms with Crippen molar-refractivity contribution >= 4 is 5.57 Å². The first kappa shape index (κ1) is 12.2. The van der Waals surface area contributed by atoms with Crippen LogP contribution in [0.15, 0.2) is 60.7 Å². The molecule has 0 saturated heterocycles. The van der Waals surface area contributed by atoms with Crippen molar-refractivity contribution in [1.29, 1.82) is 0 Å². The van der Waals surface area contributed by atoms with Gasteiger partial charge in [-0.2, -0.15) is 0 Å². The molecule has 19 heavy (non-hydrogen) atoms. The molecule has 0 amide bonds. The van der Waals surface area contributed by atoms with E-state index in [0.29, 0.717) is 0 Å². The van der Waals surface area contributed by atoms with Gasteiger partial charge in [-0.1, -0.05) is 60.7 Å². The van der Waals surface area contributed by atoms with Crippen molar-refractivity contribution < 1.29 is 0 Å². The van der Waals surface area contributed by atoms with Gasteiger partial charge in [0.25, 0.3) is 0 Å². The Balaban J connectivity index is 1.84. The van der Waals surface area contributed by atoms with Crippen LogP contribution >= 0.6 is 0 Å². The van der Waals surface area contributed by atoms with Crippen LogP contribution < -0.4 is 5.32 Å². The second kappa shape index (κ2) is 5.85. The van der Waals surface area contributed by atoms with Crippen molar-refractivity contribution in [2.75, 3.05) is 13.1 Å². The molecule has 1 N–H and O–H groups in total. The van der Waals surface area contributed by atoms with E-state index in [9.17, 15) is 0 Å². The van der Waals surface area contributed by atoms with Crippen molar-refractivity contribution in [2.45, 2.75) is 12.8 Å². The van der Waals surface area contributed by atoms with E-state index in [0.717, 1.165) is 25.9 Å². The minimum Gasteiger partial charge on any atom is -0.316 e. The fourth-order valence-electron chi connectivity index (χ4n) is 2.57. The molecule has 1 heterocycles. The van der Waals surface area contributed by atoms with Gasteiger partial charge in [-0.3, -0.25) is 0 Å². The Kier molecular flexibility index (Phi) is 3.75. The standard InChI is InChI=1S/C18H19N/c1-2-5-15(6-3-1)17-8-10-18(11-9-17)16-7-4-13-19-14-12-16/h1-3,5-11,19H,4,12-14H2. The molecule has 2 aromatic carbocycles. The van der Waals surface area contributed by atoms with Crippen LogP contribution in [0.1, 0.15) is 18.4 Å². The molecule has 0 atom stereocenters. The van der Waals surface area contributed by atoms with E-state index in [2.05, 4.69) is 66.0 Å². The molecule has 1 aliphatic rings. The van der Waals surface area contributed by atoms with Gasteiger partial charge in [0.1, 0.15) is 0 Å². The Morgan fingerprint density at radius 3 is 2.16 bits per heavy atom. The van der Waals surface area contributed by atoms with E-state index in [4.69, 9.17) is 0 Å². The molecule has 0 radical (unpaired) electrons. The van der Waals surface area contributed by atoms with E-state index >= 15 is 0 Å². The molecule has 0 saturated carbocycles. The Labute approximate surface area is 115 Å². The van der Waals surface area contributed by atoms with Gasteiger partial charge < -0.3 is 5.32 Å². The summed E-state index contributed by atoms with van der Waals surface area (Å²) < 4.78 is 0. The lowest BCUT2D eigenvalue weighted by atomic mass is 9.98. The monoisotopic (exact) mass is 249 g/mol. The zero-order valence-corrected chi connectivity index (χ0v) is 11.1. The number of nitrogens with one attached hydrogen (secondary N) is 1. The van der Waals surface area contributed by atoms with Crippen LogP contribution in [0.3, 0.4) is 0 Å². The first-order valence-corrected chi connectivity index (χ1v) is 6.99. The SMILES string of the molecule is C1=C(c2ccc(-c3ccccc3)cc2)CCNCC1. The second-order valence-corrected chi connectivity index (χ2v) is 4.96. The maximum Gasteiger partial charge on any atom is -0.000812 e. The summed E-state index contributed by atoms with van der Waals surface area (Å²) in [6.07, 6.45) is 4.64. The first-order chi connectivity index (χ1) is 9.43. The summed E-state index contributed by atoms with van der Waals surface area (Å²) in [4.78, 5) is 0. The minimum absolute atomic E-state index is 1.09. The summed E-state index contributed by atoms with van der Waals surface area (Å²) >= 11 is 0. The molecular weight excluding hydrogens is 230 g/mol. The fourth-order valence-corrected chi connectivity index (χ4v) is 2.57. The summed E-state index contributed by atoms with van der Waals surface area (Å²) in [5.41, 5.74) is 5.41. The summed E-state index contributed by atoms with van der Waals surface area (Å²) in [5.74, 6) is 0. The quantitative estimate of drug-likeness (QED) is 0.844. The van der Waals surface area contributed by atoms with Crippen LogP contribution in [-0.4, -0.2) is 13.1 Å². The third kappa shape index (κ3) is 2.94. The maximum absolute atomic E-state index is 3.43. The average Bonchev–Trinajstić information content (AvgIpc) is 2.77. The minimum atomic E-state index is 1.09. The van der Waals surface area contributed by atoms with Gasteiger partial charge in [-0.15, -0.1) is 0 Å². The van der Waals surface area contributed by atoms with Gasteiger partial charge in [0.15, 0.2) is 0 Å². The van der Waals surface area contributed by atoms with E-state index in [1.807, 2.05) is 0 Å². The summed E-state index contributed by atoms with van der Waals surface area (Å²) in [5, 5.41) is 3.43. The second-order valence-electron chi connectivity index (χ2n) is 4.96. The molecule has 1 heteroatoms. The highest BCUT2D eigenvalue weighted by atomic mass is 14.8. The molecular formula is C18H19N. The Hall–Kier alpha value is -1.86. The van der Waals surface area contributed by atoms with E-state index in [-0.39, 0.29) is 0 Å². The number of hydrogen-bond donors (Lipinski definition) is 1. The normalized spacial score (nSPS) is 15.7. The molecule has 0 fully saturated rings. The smallest absolute Gasteiger partial charge is 0.000812 e. The van der Waals surface area contributed by atoms with Crippen LogP contribution in [0.5, 0.6) is 0 Å². The Morgan fingerprint density at radius 2 is 1.37 bits per heavy atom. The molecule has 0 unspecified atom stereocenters. The third-order valence-corrected chi connectivity index (χ3v) is 3.65. The van der Waals surface area contributed by atoms with Crippen LogP contribution in [0.4, 0.5) is 0 Å². The summed E-state index contributed by atoms with van der Waals surface area (Å²) in [7, 11) is 0. The largest absolute Gasteiger partial charge is 0.316 e. The molecule has 0 spiro atoms. The van der Waals surface area contributed by atoms with Gasteiger partial charge in [0.05, 0.1) is 0 Å². The van der Waals surface area contributed by atoms with Crippen LogP contribution in [0.2, 0.25) is 0 Å². The molecule has 2 aromatic rings. The predicted molar refractivity (Wildman–Crippen MR) is 82.0 cm³/mol. The van der Waals surface area contributed by atoms with E-state index in [1.54, 1.807) is 0 Å². The van der Waals surface area contributed by atoms with Crippen molar-refractivity contribution in [3.63, 3.8) is 0 Å². The number of rotatable bonds is 2. The lowest BCUT2D eigenvalue weighted by Gasteiger charge is -2.07. The van der Waals surface area contributed by atoms with E-state index < -0.39 is 0 Å². The van der Waals surface area contributed by atoms with Gasteiger partial charge in [0.2, 0.25) is 0 Å². The van der Waals surface area contributed by atoms with Crippen LogP contribution in [-0.2, 0) is 0 Å². The van der Waals surface area contributed by atoms with Crippen molar-refractivity contribution in [3.05, 3.63) is 66.2 Å². The van der Waals surface area contributed by atoms with Crippen molar-refractivity contribution in [2.24, 2.45) is 0 Å². The van der Waals surface area contributed by atoms with Crippen LogP contribution in [0, 0.1) is 0 Å². The van der Waals surface area contributed by atoms with Gasteiger partial charge >= 0.3 is 0 Å². The van der Waals surface area contributed by atoms with Crippen molar-refractivity contribution in [3.8, 4) is 11.1 Å². The number of benzene rings is 2. The van der Waals surface area contributed by atoms with Crippen LogP contribution in [0.25, 0.3) is 16.7 Å². The maximum atomic E-state index is 3.43. The summed E-state index contributed by atoms with van der Waals surface area (Å²) in [6.45, 7) is 2.19. The molecule has 0 aromatic heterocycles. The zero-order chi connectivity index (χ0) is 12.9. The fraction of sp³-hybridized carbons (Fsp3) is 0.222. The van der Waals surface area contributed by atoms with Gasteiger partial charge in [-0.05, 0) is 48.2 Å². The molecule has 96 valence electrons. The van der Waals surface area contributed by atoms with Gasteiger partial charge in [0, 0.05) is 0 Å². The zero-order valence-electron chi connectivity index (χ0n) is 11.1. The van der Waals surface area contributed by atoms with Gasteiger partial charge in [-0.25, -0.2) is 0 Å². The molecule has 3 rings (SSSR count). The Bertz CT molecular complexity index is 552. The van der Waals surface area contributed by atoms with E-state index in [1.165, 1.54) is 22.3 Å². The summed E-state index contributed by atoms with van der Waals surface area (Å²) in [6, 6.07) is 19.5. The highest BCUT2D eigenvalue weighted by Gasteiger charge is 2.05. The first-order valence-electron chi connectivity index (χ1n) is 6.99. The topological polar surface area (TPSA) is 12.0 Å².